The van der Waals surface area contributed by atoms with Crippen LogP contribution in [0.5, 0.6) is 0 Å². The van der Waals surface area contributed by atoms with Crippen LogP contribution < -0.4 is 10.2 Å². The van der Waals surface area contributed by atoms with E-state index < -0.39 is 0 Å². The van der Waals surface area contributed by atoms with Crippen molar-refractivity contribution in [1.82, 2.24) is 10.3 Å². The molecule has 0 aliphatic heterocycles. The first kappa shape index (κ1) is 16.4. The lowest BCUT2D eigenvalue weighted by atomic mass is 10.2. The first-order valence-corrected chi connectivity index (χ1v) is 8.52. The number of aryl methyl sites for hydroxylation is 1. The van der Waals surface area contributed by atoms with Crippen LogP contribution in [0.25, 0.3) is 0 Å². The predicted octanol–water partition coefficient (Wildman–Crippen LogP) is 3.83. The highest BCUT2D eigenvalue weighted by molar-refractivity contribution is 7.15. The third-order valence-electron chi connectivity index (χ3n) is 3.22. The molecule has 19 heavy (non-hydrogen) atoms. The lowest BCUT2D eigenvalue weighted by molar-refractivity contribution is 0.718. The fourth-order valence-corrected chi connectivity index (χ4v) is 3.22. The number of hydrogen-bond donors (Lipinski definition) is 1. The van der Waals surface area contributed by atoms with E-state index in [9.17, 15) is 0 Å². The van der Waals surface area contributed by atoms with Gasteiger partial charge in [-0.25, -0.2) is 4.98 Å². The molecule has 1 rings (SSSR count). The van der Waals surface area contributed by atoms with E-state index in [1.165, 1.54) is 35.0 Å². The predicted molar refractivity (Wildman–Crippen MR) is 86.3 cm³/mol. The molecule has 0 saturated heterocycles. The van der Waals surface area contributed by atoms with Crippen LogP contribution in [0.1, 0.15) is 57.5 Å². The molecule has 1 heterocycles. The van der Waals surface area contributed by atoms with Gasteiger partial charge in [-0.2, -0.15) is 0 Å². The van der Waals surface area contributed by atoms with Crippen LogP contribution in [0.2, 0.25) is 0 Å². The number of unbranched alkanes of at least 4 members (excludes halogenated alkanes) is 1. The highest BCUT2D eigenvalue weighted by atomic mass is 32.1. The highest BCUT2D eigenvalue weighted by Crippen LogP contribution is 2.27. The molecule has 1 N–H and O–H groups in total. The molecule has 3 nitrogen and oxygen atoms in total. The molecule has 0 spiro atoms. The molecule has 1 aromatic heterocycles. The van der Waals surface area contributed by atoms with Gasteiger partial charge in [-0.1, -0.05) is 33.6 Å². The maximum Gasteiger partial charge on any atom is 0.185 e. The Morgan fingerprint density at radius 1 is 1.16 bits per heavy atom. The second-order valence-electron chi connectivity index (χ2n) is 4.83. The molecule has 0 atom stereocenters. The first-order chi connectivity index (χ1) is 9.26. The summed E-state index contributed by atoms with van der Waals surface area (Å²) in [6.07, 6.45) is 4.76. The molecule has 0 bridgehead atoms. The Balaban J connectivity index is 2.81. The van der Waals surface area contributed by atoms with Crippen molar-refractivity contribution in [3.8, 4) is 0 Å². The summed E-state index contributed by atoms with van der Waals surface area (Å²) in [5, 5.41) is 4.64. The lowest BCUT2D eigenvalue weighted by Crippen LogP contribution is -2.23. The summed E-state index contributed by atoms with van der Waals surface area (Å²) >= 11 is 1.87. The summed E-state index contributed by atoms with van der Waals surface area (Å²) in [6.45, 7) is 13.0. The van der Waals surface area contributed by atoms with Crippen molar-refractivity contribution in [3.63, 3.8) is 0 Å². The molecule has 0 aliphatic carbocycles. The number of thiazole rings is 1. The zero-order chi connectivity index (χ0) is 14.1. The van der Waals surface area contributed by atoms with Gasteiger partial charge in [0.25, 0.3) is 0 Å². The SMILES string of the molecule is CCCCN(CC)c1nc(CCC)c(CNCC)s1. The number of hydrogen-bond acceptors (Lipinski definition) is 4. The Morgan fingerprint density at radius 3 is 2.53 bits per heavy atom. The standard InChI is InChI=1S/C15H29N3S/c1-5-9-11-18(8-4)15-17-13(10-6-2)14(19-15)12-16-7-3/h16H,5-12H2,1-4H3. The Morgan fingerprint density at radius 2 is 1.95 bits per heavy atom. The van der Waals surface area contributed by atoms with E-state index in [4.69, 9.17) is 4.98 Å². The molecule has 0 aliphatic rings. The largest absolute Gasteiger partial charge is 0.348 e. The van der Waals surface area contributed by atoms with Crippen molar-refractivity contribution in [3.05, 3.63) is 10.6 Å². The summed E-state index contributed by atoms with van der Waals surface area (Å²) < 4.78 is 0. The molecule has 1 aromatic rings. The van der Waals surface area contributed by atoms with E-state index in [1.807, 2.05) is 11.3 Å². The monoisotopic (exact) mass is 283 g/mol. The minimum absolute atomic E-state index is 0.967. The first-order valence-electron chi connectivity index (χ1n) is 7.70. The zero-order valence-electron chi connectivity index (χ0n) is 13.0. The number of aromatic nitrogens is 1. The van der Waals surface area contributed by atoms with Gasteiger partial charge in [0.2, 0.25) is 0 Å². The van der Waals surface area contributed by atoms with Gasteiger partial charge in [-0.05, 0) is 26.3 Å². The van der Waals surface area contributed by atoms with Gasteiger partial charge in [-0.3, -0.25) is 0 Å². The number of rotatable bonds is 10. The molecule has 4 heteroatoms. The van der Waals surface area contributed by atoms with E-state index in [-0.39, 0.29) is 0 Å². The van der Waals surface area contributed by atoms with Crippen LogP contribution in [0.4, 0.5) is 5.13 Å². The van der Waals surface area contributed by atoms with E-state index in [0.29, 0.717) is 0 Å². The van der Waals surface area contributed by atoms with E-state index in [0.717, 1.165) is 32.6 Å². The van der Waals surface area contributed by atoms with Gasteiger partial charge in [0.15, 0.2) is 5.13 Å². The highest BCUT2D eigenvalue weighted by Gasteiger charge is 2.14. The van der Waals surface area contributed by atoms with Crippen molar-refractivity contribution < 1.29 is 0 Å². The number of anilines is 1. The van der Waals surface area contributed by atoms with Crippen molar-refractivity contribution in [2.24, 2.45) is 0 Å². The van der Waals surface area contributed by atoms with Crippen LogP contribution in [0.15, 0.2) is 0 Å². The van der Waals surface area contributed by atoms with Crippen molar-refractivity contribution in [1.29, 1.82) is 0 Å². The van der Waals surface area contributed by atoms with Crippen LogP contribution in [0, 0.1) is 0 Å². The Bertz CT molecular complexity index is 349. The fourth-order valence-electron chi connectivity index (χ4n) is 2.05. The van der Waals surface area contributed by atoms with Gasteiger partial charge in [0.05, 0.1) is 5.69 Å². The van der Waals surface area contributed by atoms with Crippen LogP contribution >= 0.6 is 11.3 Å². The topological polar surface area (TPSA) is 28.2 Å². The van der Waals surface area contributed by atoms with Crippen LogP contribution in [-0.2, 0) is 13.0 Å². The molecular weight excluding hydrogens is 254 g/mol. The van der Waals surface area contributed by atoms with E-state index in [2.05, 4.69) is 37.9 Å². The molecule has 110 valence electrons. The minimum atomic E-state index is 0.967. The molecule has 0 unspecified atom stereocenters. The van der Waals surface area contributed by atoms with Crippen LogP contribution in [0.3, 0.4) is 0 Å². The van der Waals surface area contributed by atoms with E-state index >= 15 is 0 Å². The van der Waals surface area contributed by atoms with Crippen molar-refractivity contribution >= 4 is 16.5 Å². The zero-order valence-corrected chi connectivity index (χ0v) is 13.8. The van der Waals surface area contributed by atoms with E-state index in [1.54, 1.807) is 0 Å². The normalized spacial score (nSPS) is 10.9. The Labute approximate surface area is 122 Å². The smallest absolute Gasteiger partial charge is 0.185 e. The summed E-state index contributed by atoms with van der Waals surface area (Å²) in [4.78, 5) is 8.73. The summed E-state index contributed by atoms with van der Waals surface area (Å²) in [6, 6.07) is 0. The molecule has 0 aromatic carbocycles. The van der Waals surface area contributed by atoms with Gasteiger partial charge < -0.3 is 10.2 Å². The van der Waals surface area contributed by atoms with Gasteiger partial charge in [-0.15, -0.1) is 11.3 Å². The quantitative estimate of drug-likeness (QED) is 0.707. The van der Waals surface area contributed by atoms with Crippen molar-refractivity contribution in [2.75, 3.05) is 24.5 Å². The van der Waals surface area contributed by atoms with Gasteiger partial charge >= 0.3 is 0 Å². The Hall–Kier alpha value is -0.610. The second kappa shape index (κ2) is 9.32. The maximum atomic E-state index is 4.88. The Kier molecular flexibility index (Phi) is 8.07. The average molecular weight is 283 g/mol. The molecule has 0 amide bonds. The van der Waals surface area contributed by atoms with Crippen molar-refractivity contribution in [2.45, 2.75) is 59.9 Å². The summed E-state index contributed by atoms with van der Waals surface area (Å²) in [5.74, 6) is 0. The summed E-state index contributed by atoms with van der Waals surface area (Å²) in [7, 11) is 0. The van der Waals surface area contributed by atoms with Gasteiger partial charge in [0, 0.05) is 24.5 Å². The molecule has 0 saturated carbocycles. The maximum absolute atomic E-state index is 4.88. The summed E-state index contributed by atoms with van der Waals surface area (Å²) in [5.41, 5.74) is 1.30. The number of nitrogens with zero attached hydrogens (tertiary/aromatic N) is 2. The number of nitrogens with one attached hydrogen (secondary N) is 1. The lowest BCUT2D eigenvalue weighted by Gasteiger charge is -2.19. The third kappa shape index (κ3) is 5.11. The molecule has 0 fully saturated rings. The third-order valence-corrected chi connectivity index (χ3v) is 4.38. The minimum Gasteiger partial charge on any atom is -0.348 e. The molecule has 0 radical (unpaired) electrons. The molecular formula is C15H29N3S. The average Bonchev–Trinajstić information content (AvgIpc) is 2.81. The van der Waals surface area contributed by atoms with Gasteiger partial charge in [0.1, 0.15) is 0 Å². The fraction of sp³-hybridized carbons (Fsp3) is 0.800. The van der Waals surface area contributed by atoms with Crippen LogP contribution in [-0.4, -0.2) is 24.6 Å². The second-order valence-corrected chi connectivity index (χ2v) is 5.89.